The number of carbonyl (C=O) groups excluding carboxylic acids is 1. The summed E-state index contributed by atoms with van der Waals surface area (Å²) in [4.78, 5) is 23.2. The van der Waals surface area contributed by atoms with Crippen molar-refractivity contribution in [1.82, 2.24) is 5.32 Å². The van der Waals surface area contributed by atoms with Crippen molar-refractivity contribution in [2.45, 2.75) is 39.0 Å². The lowest BCUT2D eigenvalue weighted by Crippen LogP contribution is -2.31. The molecule has 1 heterocycles. The predicted molar refractivity (Wildman–Crippen MR) is 68.8 cm³/mol. The van der Waals surface area contributed by atoms with Crippen molar-refractivity contribution in [2.24, 2.45) is 0 Å². The van der Waals surface area contributed by atoms with Gasteiger partial charge in [-0.2, -0.15) is 0 Å². The van der Waals surface area contributed by atoms with Gasteiger partial charge in [-0.1, -0.05) is 12.1 Å². The zero-order valence-corrected chi connectivity index (χ0v) is 11.2. The molecule has 1 atom stereocenters. The van der Waals surface area contributed by atoms with Gasteiger partial charge in [0.25, 0.3) is 0 Å². The molecule has 0 spiro atoms. The van der Waals surface area contributed by atoms with Gasteiger partial charge in [-0.3, -0.25) is 5.32 Å². The molecule has 1 aromatic carbocycles. The summed E-state index contributed by atoms with van der Waals surface area (Å²) >= 11 is 0. The minimum absolute atomic E-state index is 0.232. The summed E-state index contributed by atoms with van der Waals surface area (Å²) in [6, 6.07) is 4.36. The Balaban J connectivity index is 2.30. The summed E-state index contributed by atoms with van der Waals surface area (Å²) in [7, 11) is 0. The van der Waals surface area contributed by atoms with Gasteiger partial charge in [0.05, 0.1) is 5.56 Å². The number of rotatable bonds is 2. The van der Waals surface area contributed by atoms with Crippen LogP contribution in [0.3, 0.4) is 0 Å². The van der Waals surface area contributed by atoms with E-state index in [9.17, 15) is 9.59 Å². The Kier molecular flexibility index (Phi) is 3.32. The first-order valence-corrected chi connectivity index (χ1v) is 6.11. The molecule has 1 aliphatic rings. The highest BCUT2D eigenvalue weighted by atomic mass is 16.6. The van der Waals surface area contributed by atoms with Gasteiger partial charge in [0, 0.05) is 6.54 Å². The molecule has 0 saturated heterocycles. The maximum absolute atomic E-state index is 12.1. The van der Waals surface area contributed by atoms with Crippen molar-refractivity contribution < 1.29 is 19.4 Å². The van der Waals surface area contributed by atoms with E-state index in [1.807, 2.05) is 0 Å². The maximum Gasteiger partial charge on any atom is 0.336 e. The SMILES string of the molecule is CC(C)(C)OC(=O)C1NCc2c(C(=O)O)cccc21. The number of hydrogen-bond donors (Lipinski definition) is 2. The van der Waals surface area contributed by atoms with Crippen LogP contribution < -0.4 is 5.32 Å². The van der Waals surface area contributed by atoms with Gasteiger partial charge in [0.1, 0.15) is 11.6 Å². The fraction of sp³-hybridized carbons (Fsp3) is 0.429. The van der Waals surface area contributed by atoms with Crippen LogP contribution >= 0.6 is 0 Å². The lowest BCUT2D eigenvalue weighted by Gasteiger charge is -2.22. The lowest BCUT2D eigenvalue weighted by molar-refractivity contribution is -0.157. The van der Waals surface area contributed by atoms with E-state index in [-0.39, 0.29) is 11.5 Å². The van der Waals surface area contributed by atoms with Gasteiger partial charge < -0.3 is 9.84 Å². The fourth-order valence-corrected chi connectivity index (χ4v) is 2.16. The molecule has 0 bridgehead atoms. The Morgan fingerprint density at radius 1 is 1.37 bits per heavy atom. The van der Waals surface area contributed by atoms with Crippen molar-refractivity contribution >= 4 is 11.9 Å². The van der Waals surface area contributed by atoms with Crippen molar-refractivity contribution in [3.8, 4) is 0 Å². The normalized spacial score (nSPS) is 17.9. The lowest BCUT2D eigenvalue weighted by atomic mass is 10.00. The predicted octanol–water partition coefficient (Wildman–Crippen LogP) is 1.87. The highest BCUT2D eigenvalue weighted by molar-refractivity contribution is 5.91. The molecule has 5 nitrogen and oxygen atoms in total. The number of fused-ring (bicyclic) bond motifs is 1. The summed E-state index contributed by atoms with van der Waals surface area (Å²) < 4.78 is 5.33. The number of ether oxygens (including phenoxy) is 1. The van der Waals surface area contributed by atoms with E-state index >= 15 is 0 Å². The topological polar surface area (TPSA) is 75.6 Å². The highest BCUT2D eigenvalue weighted by Crippen LogP contribution is 2.30. The molecule has 0 amide bonds. The van der Waals surface area contributed by atoms with Crippen molar-refractivity contribution in [3.05, 3.63) is 34.9 Å². The first-order valence-electron chi connectivity index (χ1n) is 6.11. The first kappa shape index (κ1) is 13.5. The molecule has 102 valence electrons. The van der Waals surface area contributed by atoms with Gasteiger partial charge in [0.15, 0.2) is 0 Å². The Hall–Kier alpha value is -1.88. The zero-order chi connectivity index (χ0) is 14.2. The molecule has 0 aromatic heterocycles. The number of hydrogen-bond acceptors (Lipinski definition) is 4. The molecule has 5 heteroatoms. The molecular formula is C14H17NO4. The van der Waals surface area contributed by atoms with Gasteiger partial charge >= 0.3 is 11.9 Å². The second-order valence-electron chi connectivity index (χ2n) is 5.53. The van der Waals surface area contributed by atoms with Gasteiger partial charge in [-0.15, -0.1) is 0 Å². The summed E-state index contributed by atoms with van der Waals surface area (Å²) in [5.74, 6) is -1.36. The van der Waals surface area contributed by atoms with E-state index in [1.54, 1.807) is 39.0 Å². The molecule has 1 aromatic rings. The number of nitrogens with one attached hydrogen (secondary N) is 1. The van der Waals surface area contributed by atoms with Crippen LogP contribution in [-0.4, -0.2) is 22.6 Å². The number of carboxylic acids is 1. The van der Waals surface area contributed by atoms with Crippen LogP contribution in [0.25, 0.3) is 0 Å². The molecule has 0 radical (unpaired) electrons. The Morgan fingerprint density at radius 2 is 2.05 bits per heavy atom. The van der Waals surface area contributed by atoms with Gasteiger partial charge in [0.2, 0.25) is 0 Å². The van der Waals surface area contributed by atoms with Crippen molar-refractivity contribution in [3.63, 3.8) is 0 Å². The minimum atomic E-state index is -0.983. The number of aromatic carboxylic acids is 1. The summed E-state index contributed by atoms with van der Waals surface area (Å²) in [5.41, 5.74) is 1.02. The van der Waals surface area contributed by atoms with Crippen LogP contribution in [0.2, 0.25) is 0 Å². The van der Waals surface area contributed by atoms with Gasteiger partial charge in [-0.25, -0.2) is 9.59 Å². The Labute approximate surface area is 111 Å². The van der Waals surface area contributed by atoms with Gasteiger partial charge in [-0.05, 0) is 38.0 Å². The Bertz CT molecular complexity index is 531. The smallest absolute Gasteiger partial charge is 0.336 e. The van der Waals surface area contributed by atoms with E-state index in [4.69, 9.17) is 9.84 Å². The molecule has 2 rings (SSSR count). The molecule has 0 saturated carbocycles. The molecule has 19 heavy (non-hydrogen) atoms. The van der Waals surface area contributed by atoms with E-state index in [2.05, 4.69) is 5.32 Å². The quantitative estimate of drug-likeness (QED) is 0.797. The second-order valence-corrected chi connectivity index (χ2v) is 5.53. The summed E-state index contributed by atoms with van der Waals surface area (Å²) in [5, 5.41) is 12.1. The van der Waals surface area contributed by atoms with Crippen LogP contribution in [0.15, 0.2) is 18.2 Å². The average Bonchev–Trinajstić information content (AvgIpc) is 2.69. The standard InChI is InChI=1S/C14H17NO4/c1-14(2,3)19-13(18)11-8-5-4-6-9(12(16)17)10(8)7-15-11/h4-6,11,15H,7H2,1-3H3,(H,16,17). The molecule has 0 fully saturated rings. The highest BCUT2D eigenvalue weighted by Gasteiger charge is 2.33. The third-order valence-corrected chi connectivity index (χ3v) is 2.88. The zero-order valence-electron chi connectivity index (χ0n) is 11.2. The third kappa shape index (κ3) is 2.76. The number of carboxylic acid groups (broad SMARTS) is 1. The van der Waals surface area contributed by atoms with Crippen molar-refractivity contribution in [2.75, 3.05) is 0 Å². The first-order chi connectivity index (χ1) is 8.79. The van der Waals surface area contributed by atoms with Crippen LogP contribution in [-0.2, 0) is 16.1 Å². The molecule has 2 N–H and O–H groups in total. The van der Waals surface area contributed by atoms with Crippen LogP contribution in [0.4, 0.5) is 0 Å². The van der Waals surface area contributed by atoms with Crippen LogP contribution in [0.1, 0.15) is 48.3 Å². The average molecular weight is 263 g/mol. The third-order valence-electron chi connectivity index (χ3n) is 2.88. The number of carbonyl (C=O) groups is 2. The summed E-state index contributed by atoms with van der Waals surface area (Å²) in [6.45, 7) is 5.76. The van der Waals surface area contributed by atoms with E-state index in [1.165, 1.54) is 0 Å². The maximum atomic E-state index is 12.1. The number of benzene rings is 1. The van der Waals surface area contributed by atoms with Crippen molar-refractivity contribution in [1.29, 1.82) is 0 Å². The number of esters is 1. The van der Waals surface area contributed by atoms with E-state index < -0.39 is 17.6 Å². The van der Waals surface area contributed by atoms with Crippen LogP contribution in [0, 0.1) is 0 Å². The minimum Gasteiger partial charge on any atom is -0.478 e. The summed E-state index contributed by atoms with van der Waals surface area (Å²) in [6.07, 6.45) is 0. The Morgan fingerprint density at radius 3 is 2.63 bits per heavy atom. The molecule has 0 aliphatic carbocycles. The second kappa shape index (κ2) is 4.66. The fourth-order valence-electron chi connectivity index (χ4n) is 2.16. The monoisotopic (exact) mass is 263 g/mol. The van der Waals surface area contributed by atoms with E-state index in [0.29, 0.717) is 17.7 Å². The largest absolute Gasteiger partial charge is 0.478 e. The molecule has 1 unspecified atom stereocenters. The molecular weight excluding hydrogens is 246 g/mol. The van der Waals surface area contributed by atoms with Crippen LogP contribution in [0.5, 0.6) is 0 Å². The molecule has 1 aliphatic heterocycles. The van der Waals surface area contributed by atoms with E-state index in [0.717, 1.165) is 0 Å².